The lowest BCUT2D eigenvalue weighted by Gasteiger charge is -2.35. The summed E-state index contributed by atoms with van der Waals surface area (Å²) < 4.78 is 39.0. The number of piperazine rings is 1. The van der Waals surface area contributed by atoms with Gasteiger partial charge >= 0.3 is 6.03 Å². The normalized spacial score (nSPS) is 27.3. The fourth-order valence-electron chi connectivity index (χ4n) is 4.55. The van der Waals surface area contributed by atoms with E-state index in [2.05, 4.69) is 5.32 Å². The van der Waals surface area contributed by atoms with Crippen LogP contribution in [-0.4, -0.2) is 86.1 Å². The number of nitrogens with zero attached hydrogens (tertiary/aromatic N) is 3. The zero-order valence-electron chi connectivity index (χ0n) is 18.1. The van der Waals surface area contributed by atoms with Crippen molar-refractivity contribution in [3.8, 4) is 11.5 Å². The summed E-state index contributed by atoms with van der Waals surface area (Å²) in [7, 11) is -3.69. The lowest BCUT2D eigenvalue weighted by Crippen LogP contribution is -2.53. The highest BCUT2D eigenvalue weighted by molar-refractivity contribution is 7.89. The van der Waals surface area contributed by atoms with Crippen LogP contribution in [0.1, 0.15) is 26.2 Å². The van der Waals surface area contributed by atoms with Crippen LogP contribution in [0, 0.1) is 5.92 Å². The summed E-state index contributed by atoms with van der Waals surface area (Å²) in [6, 6.07) is 4.33. The minimum absolute atomic E-state index is 0.171. The Morgan fingerprint density at radius 3 is 2.44 bits per heavy atom. The third kappa shape index (κ3) is 3.71. The highest BCUT2D eigenvalue weighted by Gasteiger charge is 2.56. The molecule has 10 nitrogen and oxygen atoms in total. The number of imide groups is 1. The first-order valence-electron chi connectivity index (χ1n) is 11.1. The van der Waals surface area contributed by atoms with Crippen molar-refractivity contribution in [1.29, 1.82) is 0 Å². The Kier molecular flexibility index (Phi) is 5.30. The van der Waals surface area contributed by atoms with Gasteiger partial charge in [-0.1, -0.05) is 0 Å². The third-order valence-corrected chi connectivity index (χ3v) is 8.62. The van der Waals surface area contributed by atoms with E-state index in [9.17, 15) is 18.0 Å². The average Bonchev–Trinajstić information content (AvgIpc) is 3.62. The highest BCUT2D eigenvalue weighted by Crippen LogP contribution is 2.42. The van der Waals surface area contributed by atoms with Crippen LogP contribution in [0.4, 0.5) is 4.79 Å². The number of benzene rings is 1. The quantitative estimate of drug-likeness (QED) is 0.643. The second-order valence-electron chi connectivity index (χ2n) is 8.96. The molecular weight excluding hydrogens is 436 g/mol. The molecule has 1 atom stereocenters. The van der Waals surface area contributed by atoms with E-state index in [1.165, 1.54) is 15.3 Å². The summed E-state index contributed by atoms with van der Waals surface area (Å²) in [4.78, 5) is 28.6. The standard InChI is InChI=1S/C21H28N4O6S/c1-21(15-3-4-15)19(26)25(20(27)22-21)14-23-7-9-24(10-8-23)32(28,29)16-5-6-17-18(13-16)31-12-2-11-30-17/h5-6,13,15H,2-4,7-12,14H2,1H3,(H,22,27)/t21-/m0/s1. The fraction of sp³-hybridized carbons (Fsp3) is 0.619. The van der Waals surface area contributed by atoms with Gasteiger partial charge in [-0.05, 0) is 37.8 Å². The van der Waals surface area contributed by atoms with E-state index in [0.717, 1.165) is 19.3 Å². The number of urea groups is 1. The van der Waals surface area contributed by atoms with E-state index >= 15 is 0 Å². The zero-order chi connectivity index (χ0) is 22.5. The number of ether oxygens (including phenoxy) is 2. The molecule has 0 aromatic heterocycles. The molecule has 3 heterocycles. The van der Waals surface area contributed by atoms with Crippen LogP contribution in [0.25, 0.3) is 0 Å². The lowest BCUT2D eigenvalue weighted by atomic mass is 9.96. The number of sulfonamides is 1. The molecule has 5 rings (SSSR count). The maximum absolute atomic E-state index is 13.2. The Bertz CT molecular complexity index is 1030. The van der Waals surface area contributed by atoms with E-state index in [1.807, 2.05) is 4.90 Å². The summed E-state index contributed by atoms with van der Waals surface area (Å²) in [6.45, 7) is 4.41. The molecular formula is C21H28N4O6S. The van der Waals surface area contributed by atoms with E-state index in [4.69, 9.17) is 9.47 Å². The Balaban J connectivity index is 1.22. The summed E-state index contributed by atoms with van der Waals surface area (Å²) in [5, 5.41) is 2.85. The molecule has 0 bridgehead atoms. The lowest BCUT2D eigenvalue weighted by molar-refractivity contribution is -0.133. The molecule has 3 aliphatic heterocycles. The van der Waals surface area contributed by atoms with Crippen LogP contribution in [-0.2, 0) is 14.8 Å². The number of hydrogen-bond acceptors (Lipinski definition) is 7. The SMILES string of the molecule is C[C@@]1(C2CC2)NC(=O)N(CN2CCN(S(=O)(=O)c3ccc4c(c3)OCCCO4)CC2)C1=O. The summed E-state index contributed by atoms with van der Waals surface area (Å²) in [5.41, 5.74) is -0.806. The van der Waals surface area contributed by atoms with E-state index in [-0.39, 0.29) is 42.5 Å². The largest absolute Gasteiger partial charge is 0.490 e. The molecule has 3 amide bonds. The van der Waals surface area contributed by atoms with Crippen LogP contribution in [0.5, 0.6) is 11.5 Å². The number of amides is 3. The van der Waals surface area contributed by atoms with E-state index in [0.29, 0.717) is 37.8 Å². The van der Waals surface area contributed by atoms with Gasteiger partial charge < -0.3 is 14.8 Å². The molecule has 1 saturated carbocycles. The van der Waals surface area contributed by atoms with Crippen molar-refractivity contribution < 1.29 is 27.5 Å². The maximum Gasteiger partial charge on any atom is 0.326 e. The number of hydrogen-bond donors (Lipinski definition) is 1. The smallest absolute Gasteiger partial charge is 0.326 e. The topological polar surface area (TPSA) is 108 Å². The number of fused-ring (bicyclic) bond motifs is 1. The van der Waals surface area contributed by atoms with Crippen molar-refractivity contribution in [2.24, 2.45) is 5.92 Å². The number of rotatable bonds is 5. The van der Waals surface area contributed by atoms with Gasteiger partial charge in [0.05, 0.1) is 24.8 Å². The molecule has 0 unspecified atom stereocenters. The molecule has 3 fully saturated rings. The maximum atomic E-state index is 13.2. The molecule has 2 saturated heterocycles. The van der Waals surface area contributed by atoms with Crippen molar-refractivity contribution in [1.82, 2.24) is 19.4 Å². The van der Waals surface area contributed by atoms with Gasteiger partial charge in [0.1, 0.15) is 5.54 Å². The second kappa shape index (κ2) is 7.89. The molecule has 1 aromatic carbocycles. The molecule has 1 aromatic rings. The number of carbonyl (C=O) groups excluding carboxylic acids is 2. The molecule has 0 radical (unpaired) electrons. The Hall–Kier alpha value is -2.37. The van der Waals surface area contributed by atoms with Crippen LogP contribution >= 0.6 is 0 Å². The number of carbonyl (C=O) groups is 2. The summed E-state index contributed by atoms with van der Waals surface area (Å²) in [6.07, 6.45) is 2.65. The van der Waals surface area contributed by atoms with Gasteiger partial charge in [-0.3, -0.25) is 9.69 Å². The van der Waals surface area contributed by atoms with Crippen molar-refractivity contribution in [3.63, 3.8) is 0 Å². The predicted molar refractivity (Wildman–Crippen MR) is 114 cm³/mol. The monoisotopic (exact) mass is 464 g/mol. The van der Waals surface area contributed by atoms with Gasteiger partial charge in [0.2, 0.25) is 10.0 Å². The molecule has 11 heteroatoms. The minimum Gasteiger partial charge on any atom is -0.490 e. The minimum atomic E-state index is -3.69. The van der Waals surface area contributed by atoms with Gasteiger partial charge in [0, 0.05) is 38.7 Å². The first kappa shape index (κ1) is 21.5. The first-order chi connectivity index (χ1) is 15.3. The molecule has 4 aliphatic rings. The van der Waals surface area contributed by atoms with E-state index in [1.54, 1.807) is 19.1 Å². The molecule has 0 spiro atoms. The van der Waals surface area contributed by atoms with Crippen LogP contribution in [0.3, 0.4) is 0 Å². The van der Waals surface area contributed by atoms with Gasteiger partial charge in [0.25, 0.3) is 5.91 Å². The average molecular weight is 465 g/mol. The van der Waals surface area contributed by atoms with Crippen LogP contribution < -0.4 is 14.8 Å². The van der Waals surface area contributed by atoms with Crippen molar-refractivity contribution in [3.05, 3.63) is 18.2 Å². The van der Waals surface area contributed by atoms with Crippen molar-refractivity contribution >= 4 is 22.0 Å². The molecule has 1 N–H and O–H groups in total. The van der Waals surface area contributed by atoms with E-state index < -0.39 is 15.6 Å². The molecule has 1 aliphatic carbocycles. The van der Waals surface area contributed by atoms with Gasteiger partial charge in [0.15, 0.2) is 11.5 Å². The van der Waals surface area contributed by atoms with Gasteiger partial charge in [-0.15, -0.1) is 0 Å². The Labute approximate surface area is 187 Å². The summed E-state index contributed by atoms with van der Waals surface area (Å²) >= 11 is 0. The Morgan fingerprint density at radius 2 is 1.75 bits per heavy atom. The van der Waals surface area contributed by atoms with Crippen molar-refractivity contribution in [2.75, 3.05) is 46.1 Å². The highest BCUT2D eigenvalue weighted by atomic mass is 32.2. The van der Waals surface area contributed by atoms with Crippen LogP contribution in [0.2, 0.25) is 0 Å². The molecule has 32 heavy (non-hydrogen) atoms. The Morgan fingerprint density at radius 1 is 1.06 bits per heavy atom. The van der Waals surface area contributed by atoms with Crippen LogP contribution in [0.15, 0.2) is 23.1 Å². The fourth-order valence-corrected chi connectivity index (χ4v) is 5.98. The van der Waals surface area contributed by atoms with Gasteiger partial charge in [-0.25, -0.2) is 18.1 Å². The predicted octanol–water partition coefficient (Wildman–Crippen LogP) is 0.832. The first-order valence-corrected chi connectivity index (χ1v) is 12.5. The van der Waals surface area contributed by atoms with Crippen molar-refractivity contribution in [2.45, 2.75) is 36.6 Å². The number of nitrogens with one attached hydrogen (secondary N) is 1. The second-order valence-corrected chi connectivity index (χ2v) is 10.9. The summed E-state index contributed by atoms with van der Waals surface area (Å²) in [5.74, 6) is 1.02. The third-order valence-electron chi connectivity index (χ3n) is 6.72. The molecule has 174 valence electrons. The zero-order valence-corrected chi connectivity index (χ0v) is 18.9. The van der Waals surface area contributed by atoms with Gasteiger partial charge in [-0.2, -0.15) is 4.31 Å².